The van der Waals surface area contributed by atoms with Crippen LogP contribution in [0.1, 0.15) is 42.7 Å². The van der Waals surface area contributed by atoms with Crippen LogP contribution in [0.4, 0.5) is 10.1 Å². The van der Waals surface area contributed by atoms with Crippen LogP contribution in [0.5, 0.6) is 0 Å². The van der Waals surface area contributed by atoms with E-state index in [9.17, 15) is 14.3 Å². The molecule has 0 unspecified atom stereocenters. The lowest BCUT2D eigenvalue weighted by atomic mass is 10.0. The number of carbonyl (C=O) groups excluding carboxylic acids is 1. The number of nitrogens with one attached hydrogen (secondary N) is 4. The van der Waals surface area contributed by atoms with Crippen LogP contribution in [0.2, 0.25) is 0 Å². The summed E-state index contributed by atoms with van der Waals surface area (Å²) in [6.07, 6.45) is 5.15. The normalized spacial score (nSPS) is 18.7. The molecule has 0 spiro atoms. The zero-order chi connectivity index (χ0) is 24.7. The van der Waals surface area contributed by atoms with E-state index in [0.29, 0.717) is 41.6 Å². The fourth-order valence-electron chi connectivity index (χ4n) is 3.32. The van der Waals surface area contributed by atoms with Gasteiger partial charge in [0.2, 0.25) is 0 Å². The van der Waals surface area contributed by atoms with E-state index in [1.54, 1.807) is 6.07 Å². The van der Waals surface area contributed by atoms with Crippen LogP contribution < -0.4 is 16.0 Å². The van der Waals surface area contributed by atoms with Gasteiger partial charge in [-0.05, 0) is 32.8 Å². The van der Waals surface area contributed by atoms with E-state index < -0.39 is 17.7 Å². The highest BCUT2D eigenvalue weighted by Gasteiger charge is 2.27. The minimum Gasteiger partial charge on any atom is -0.387 e. The van der Waals surface area contributed by atoms with Gasteiger partial charge in [0.1, 0.15) is 18.1 Å². The van der Waals surface area contributed by atoms with Crippen molar-refractivity contribution in [3.05, 3.63) is 41.1 Å². The highest BCUT2D eigenvalue weighted by molar-refractivity contribution is 6.10. The summed E-state index contributed by atoms with van der Waals surface area (Å²) in [7, 11) is 0. The van der Waals surface area contributed by atoms with Gasteiger partial charge in [-0.15, -0.1) is 0 Å². The van der Waals surface area contributed by atoms with Crippen molar-refractivity contribution in [2.24, 2.45) is 4.99 Å². The largest absolute Gasteiger partial charge is 0.387 e. The Morgan fingerprint density at radius 1 is 1.50 bits per heavy atom. The van der Waals surface area contributed by atoms with Crippen molar-refractivity contribution in [2.45, 2.75) is 44.5 Å². The van der Waals surface area contributed by atoms with Crippen LogP contribution in [-0.4, -0.2) is 66.0 Å². The molecule has 0 saturated carbocycles. The molecule has 5 N–H and O–H groups in total. The number of aliphatic hydroxyl groups is 1. The lowest BCUT2D eigenvalue weighted by molar-refractivity contribution is -0.00177. The molecule has 0 bridgehead atoms. The number of hydrogen-bond acceptors (Lipinski definition) is 9. The van der Waals surface area contributed by atoms with Crippen molar-refractivity contribution < 1.29 is 19.0 Å². The van der Waals surface area contributed by atoms with Crippen molar-refractivity contribution in [3.63, 3.8) is 0 Å². The van der Waals surface area contributed by atoms with E-state index >= 15 is 0 Å². The number of aromatic nitrogens is 1. The van der Waals surface area contributed by atoms with Gasteiger partial charge in [0.15, 0.2) is 0 Å². The molecule has 3 rings (SSSR count). The molecule has 1 fully saturated rings. The van der Waals surface area contributed by atoms with Gasteiger partial charge in [-0.25, -0.2) is 9.38 Å². The molecule has 1 saturated heterocycles. The third-order valence-electron chi connectivity index (χ3n) is 5.44. The number of aliphatic imine (C=N–C) groups is 1. The molecule has 2 aliphatic rings. The van der Waals surface area contributed by atoms with Gasteiger partial charge in [-0.1, -0.05) is 0 Å². The van der Waals surface area contributed by atoms with Crippen molar-refractivity contribution in [2.75, 3.05) is 25.1 Å². The molecule has 34 heavy (non-hydrogen) atoms. The zero-order valence-electron chi connectivity index (χ0n) is 19.1. The Labute approximate surface area is 197 Å². The van der Waals surface area contributed by atoms with Crippen molar-refractivity contribution in [1.29, 1.82) is 10.7 Å². The number of amides is 1. The summed E-state index contributed by atoms with van der Waals surface area (Å²) in [5, 5.41) is 35.4. The molecule has 0 aromatic carbocycles. The molecule has 180 valence electrons. The summed E-state index contributed by atoms with van der Waals surface area (Å²) in [5.74, 6) is -0.207. The molecule has 1 amide bonds. The SMILES string of the molecule is CC(C)(O)[C@H](F)CNC(=O)c1cnc(/C(C=N)=C2\N=CC(C#N)=CN2)cc1NC1CCOCC1. The number of allylic oxidation sites excluding steroid dienone is 2. The van der Waals surface area contributed by atoms with Crippen molar-refractivity contribution >= 4 is 29.6 Å². The first-order valence-corrected chi connectivity index (χ1v) is 10.9. The number of carbonyl (C=O) groups is 1. The summed E-state index contributed by atoms with van der Waals surface area (Å²) < 4.78 is 19.5. The second-order valence-electron chi connectivity index (χ2n) is 8.50. The Morgan fingerprint density at radius 2 is 2.24 bits per heavy atom. The molecule has 3 heterocycles. The van der Waals surface area contributed by atoms with Crippen LogP contribution in [0.15, 0.2) is 34.8 Å². The van der Waals surface area contributed by atoms with Gasteiger partial charge in [-0.2, -0.15) is 5.26 Å². The van der Waals surface area contributed by atoms with Crippen LogP contribution in [-0.2, 0) is 4.74 Å². The summed E-state index contributed by atoms with van der Waals surface area (Å²) >= 11 is 0. The topological polar surface area (TPSA) is 156 Å². The second-order valence-corrected chi connectivity index (χ2v) is 8.50. The smallest absolute Gasteiger partial charge is 0.255 e. The monoisotopic (exact) mass is 469 g/mol. The predicted octanol–water partition coefficient (Wildman–Crippen LogP) is 1.91. The minimum absolute atomic E-state index is 0.0591. The standard InChI is InChI=1S/C23H28FN7O3/c1-23(2,33)20(24)13-30-22(32)17-12-27-18(7-19(17)31-15-3-5-34-6-4-15)16(9-26)21-28-10-14(8-25)11-29-21/h7,9-12,15,20,26,28,33H,3-6,13H2,1-2H3,(H,27,31)(H,30,32)/b21-16-,26-9?/t20-/m1/s1. The molecular weight excluding hydrogens is 441 g/mol. The number of ether oxygens (including phenoxy) is 1. The molecular formula is C23H28FN7O3. The maximum atomic E-state index is 14.1. The maximum Gasteiger partial charge on any atom is 0.255 e. The van der Waals surface area contributed by atoms with E-state index in [4.69, 9.17) is 15.4 Å². The summed E-state index contributed by atoms with van der Waals surface area (Å²) in [5.41, 5.74) is 0.177. The first kappa shape index (κ1) is 25.0. The van der Waals surface area contributed by atoms with Crippen LogP contribution in [0.25, 0.3) is 5.57 Å². The van der Waals surface area contributed by atoms with Crippen molar-refractivity contribution in [1.82, 2.24) is 15.6 Å². The van der Waals surface area contributed by atoms with E-state index in [1.165, 1.54) is 32.5 Å². The quantitative estimate of drug-likeness (QED) is 0.364. The number of rotatable bonds is 8. The lowest BCUT2D eigenvalue weighted by Crippen LogP contribution is -2.42. The number of nitrogens with zero attached hydrogens (tertiary/aromatic N) is 3. The highest BCUT2D eigenvalue weighted by atomic mass is 19.1. The molecule has 11 heteroatoms. The van der Waals surface area contributed by atoms with Gasteiger partial charge >= 0.3 is 0 Å². The van der Waals surface area contributed by atoms with Crippen LogP contribution >= 0.6 is 0 Å². The molecule has 1 atom stereocenters. The van der Waals surface area contributed by atoms with Gasteiger partial charge < -0.3 is 31.2 Å². The number of halogens is 1. The number of pyridine rings is 1. The maximum absolute atomic E-state index is 14.1. The van der Waals surface area contributed by atoms with E-state index in [1.807, 2.05) is 6.07 Å². The fourth-order valence-corrected chi connectivity index (χ4v) is 3.32. The first-order chi connectivity index (χ1) is 16.2. The Balaban J connectivity index is 1.91. The number of anilines is 1. The Morgan fingerprint density at radius 3 is 2.82 bits per heavy atom. The highest BCUT2D eigenvalue weighted by Crippen LogP contribution is 2.25. The molecule has 1 aromatic heterocycles. The van der Waals surface area contributed by atoms with Crippen LogP contribution in [0.3, 0.4) is 0 Å². The van der Waals surface area contributed by atoms with Gasteiger partial charge in [0, 0.05) is 44.1 Å². The number of alkyl halides is 1. The van der Waals surface area contributed by atoms with E-state index in [2.05, 4.69) is 25.9 Å². The third kappa shape index (κ3) is 6.24. The fraction of sp³-hybridized carbons (Fsp3) is 0.435. The third-order valence-corrected chi connectivity index (χ3v) is 5.44. The molecule has 10 nitrogen and oxygen atoms in total. The average Bonchev–Trinajstić information content (AvgIpc) is 2.83. The van der Waals surface area contributed by atoms with Gasteiger partial charge in [-0.3, -0.25) is 9.78 Å². The molecule has 0 aliphatic carbocycles. The average molecular weight is 470 g/mol. The first-order valence-electron chi connectivity index (χ1n) is 10.9. The molecule has 1 aromatic rings. The minimum atomic E-state index is -1.65. The summed E-state index contributed by atoms with van der Waals surface area (Å²) in [6.45, 7) is 3.49. The summed E-state index contributed by atoms with van der Waals surface area (Å²) in [4.78, 5) is 21.4. The Kier molecular flexibility index (Phi) is 8.09. The lowest BCUT2D eigenvalue weighted by Gasteiger charge is -2.26. The Bertz CT molecular complexity index is 1060. The van der Waals surface area contributed by atoms with Crippen LogP contribution in [0, 0.1) is 16.7 Å². The predicted molar refractivity (Wildman–Crippen MR) is 126 cm³/mol. The summed E-state index contributed by atoms with van der Waals surface area (Å²) in [6, 6.07) is 3.67. The number of hydrogen-bond donors (Lipinski definition) is 5. The van der Waals surface area contributed by atoms with E-state index in [-0.39, 0.29) is 18.2 Å². The molecule has 2 aliphatic heterocycles. The Hall–Kier alpha value is -3.62. The second kappa shape index (κ2) is 11.0. The van der Waals surface area contributed by atoms with Crippen molar-refractivity contribution in [3.8, 4) is 6.07 Å². The molecule has 0 radical (unpaired) electrons. The van der Waals surface area contributed by atoms with E-state index in [0.717, 1.165) is 19.1 Å². The number of nitriles is 1. The van der Waals surface area contributed by atoms with Gasteiger partial charge in [0.25, 0.3) is 5.91 Å². The van der Waals surface area contributed by atoms with Gasteiger partial charge in [0.05, 0.1) is 40.2 Å². The zero-order valence-corrected chi connectivity index (χ0v) is 19.1.